The molecule has 1 aromatic heterocycles. The number of aromatic nitrogens is 2. The summed E-state index contributed by atoms with van der Waals surface area (Å²) in [4.78, 5) is 31.0. The summed E-state index contributed by atoms with van der Waals surface area (Å²) in [6.45, 7) is 0.414. The van der Waals surface area contributed by atoms with Gasteiger partial charge in [0.25, 0.3) is 11.8 Å². The Labute approximate surface area is 197 Å². The van der Waals surface area contributed by atoms with Crippen molar-refractivity contribution in [1.29, 1.82) is 0 Å². The summed E-state index contributed by atoms with van der Waals surface area (Å²) in [6, 6.07) is -0.158. The van der Waals surface area contributed by atoms with Crippen LogP contribution in [0.4, 0.5) is 29.2 Å². The lowest BCUT2D eigenvalue weighted by atomic mass is 9.96. The molecule has 2 aromatic rings. The minimum atomic E-state index is -3.98. The lowest BCUT2D eigenvalue weighted by Gasteiger charge is -2.41. The zero-order valence-corrected chi connectivity index (χ0v) is 19.2. The Morgan fingerprint density at radius 1 is 1.14 bits per heavy atom. The number of alkyl halides is 2. The van der Waals surface area contributed by atoms with Crippen LogP contribution in [-0.4, -0.2) is 66.7 Å². The van der Waals surface area contributed by atoms with Gasteiger partial charge in [0.15, 0.2) is 9.84 Å². The van der Waals surface area contributed by atoms with E-state index >= 15 is 0 Å². The van der Waals surface area contributed by atoms with Crippen LogP contribution in [0.3, 0.4) is 0 Å². The number of likely N-dealkylation sites (tertiary alicyclic amines) is 1. The van der Waals surface area contributed by atoms with Crippen molar-refractivity contribution in [2.75, 3.05) is 29.6 Å². The third-order valence-electron chi connectivity index (χ3n) is 5.92. The van der Waals surface area contributed by atoms with E-state index in [1.807, 2.05) is 0 Å². The van der Waals surface area contributed by atoms with Crippen LogP contribution in [0.2, 0.25) is 0 Å². The summed E-state index contributed by atoms with van der Waals surface area (Å²) in [5.74, 6) is -4.25. The van der Waals surface area contributed by atoms with Gasteiger partial charge in [0, 0.05) is 37.9 Å². The average Bonchev–Trinajstić information content (AvgIpc) is 3.27. The molecular weight excluding hydrogens is 498 g/mol. The van der Waals surface area contributed by atoms with Gasteiger partial charge >= 0.3 is 6.43 Å². The van der Waals surface area contributed by atoms with Crippen LogP contribution in [0, 0.1) is 11.6 Å². The summed E-state index contributed by atoms with van der Waals surface area (Å²) >= 11 is 0. The van der Waals surface area contributed by atoms with E-state index in [1.54, 1.807) is 0 Å². The Balaban J connectivity index is 1.44. The van der Waals surface area contributed by atoms with E-state index in [1.165, 1.54) is 4.90 Å². The summed E-state index contributed by atoms with van der Waals surface area (Å²) in [7, 11) is -3.98. The van der Waals surface area contributed by atoms with Crippen molar-refractivity contribution in [3.63, 3.8) is 0 Å². The van der Waals surface area contributed by atoms with Crippen molar-refractivity contribution in [2.45, 2.75) is 49.1 Å². The predicted octanol–water partition coefficient (Wildman–Crippen LogP) is 2.29. The largest absolute Gasteiger partial charge is 0.371 e. The summed E-state index contributed by atoms with van der Waals surface area (Å²) in [6.07, 6.45) is -1.18. The topological polar surface area (TPSA) is 126 Å². The predicted molar refractivity (Wildman–Crippen MR) is 112 cm³/mol. The van der Waals surface area contributed by atoms with E-state index in [2.05, 4.69) is 20.0 Å². The average molecular weight is 519 g/mol. The number of nitrogens with one attached hydrogen (secondary N) is 1. The molecule has 35 heavy (non-hydrogen) atoms. The van der Waals surface area contributed by atoms with Crippen LogP contribution in [-0.2, 0) is 19.4 Å². The number of carbonyl (C=O) groups excluding carboxylic acids is 2. The molecule has 2 aliphatic rings. The highest BCUT2D eigenvalue weighted by Gasteiger charge is 2.39. The number of benzene rings is 1. The fraction of sp³-hybridized carbons (Fsp3) is 0.500. The molecule has 15 heteroatoms. The number of sulfone groups is 1. The molecule has 0 aliphatic carbocycles. The summed E-state index contributed by atoms with van der Waals surface area (Å²) in [5, 5.41) is 6.05. The molecule has 4 rings (SSSR count). The Bertz CT molecular complexity index is 1250. The molecule has 0 saturated carbocycles. The smallest absolute Gasteiger partial charge is 0.316 e. The first kappa shape index (κ1) is 24.9. The second kappa shape index (κ2) is 9.43. The van der Waals surface area contributed by atoms with Gasteiger partial charge in [-0.1, -0.05) is 0 Å². The Morgan fingerprint density at radius 3 is 2.51 bits per heavy atom. The lowest BCUT2D eigenvalue weighted by Crippen LogP contribution is -2.56. The maximum absolute atomic E-state index is 14.5. The van der Waals surface area contributed by atoms with Crippen molar-refractivity contribution in [3.05, 3.63) is 29.7 Å². The molecule has 2 amide bonds. The molecule has 1 unspecified atom stereocenters. The van der Waals surface area contributed by atoms with E-state index in [-0.39, 0.29) is 24.6 Å². The SMILES string of the molecule is CS(=O)(=O)c1cc(F)c(NC2CCCN([C@H]3CCN(c4noc(C(F)F)n4)C(=O)C3)C2=O)cc1F. The van der Waals surface area contributed by atoms with Gasteiger partial charge in [-0.3, -0.25) is 14.5 Å². The maximum Gasteiger partial charge on any atom is 0.316 e. The van der Waals surface area contributed by atoms with Crippen LogP contribution >= 0.6 is 0 Å². The number of halogens is 4. The zero-order chi connectivity index (χ0) is 25.5. The molecule has 3 heterocycles. The van der Waals surface area contributed by atoms with E-state index in [4.69, 9.17) is 0 Å². The Morgan fingerprint density at radius 2 is 1.89 bits per heavy atom. The van der Waals surface area contributed by atoms with Gasteiger partial charge in [-0.05, 0) is 30.5 Å². The number of nitrogens with zero attached hydrogens (tertiary/aromatic N) is 4. The van der Waals surface area contributed by atoms with Crippen molar-refractivity contribution < 1.29 is 40.1 Å². The van der Waals surface area contributed by atoms with E-state index in [0.29, 0.717) is 37.9 Å². The van der Waals surface area contributed by atoms with Crippen molar-refractivity contribution in [2.24, 2.45) is 0 Å². The molecule has 190 valence electrons. The van der Waals surface area contributed by atoms with Crippen LogP contribution in [0.25, 0.3) is 0 Å². The molecule has 1 N–H and O–H groups in total. The summed E-state index contributed by atoms with van der Waals surface area (Å²) < 4.78 is 81.7. The lowest BCUT2D eigenvalue weighted by molar-refractivity contribution is -0.138. The second-order valence-electron chi connectivity index (χ2n) is 8.33. The molecule has 0 bridgehead atoms. The molecule has 0 radical (unpaired) electrons. The minimum absolute atomic E-state index is 0.0698. The number of anilines is 2. The van der Waals surface area contributed by atoms with E-state index < -0.39 is 62.6 Å². The molecule has 2 atom stereocenters. The van der Waals surface area contributed by atoms with Crippen molar-refractivity contribution >= 4 is 33.3 Å². The molecule has 10 nitrogen and oxygen atoms in total. The first-order valence-corrected chi connectivity index (χ1v) is 12.5. The highest BCUT2D eigenvalue weighted by atomic mass is 32.2. The minimum Gasteiger partial charge on any atom is -0.371 e. The number of piperidine rings is 2. The van der Waals surface area contributed by atoms with Gasteiger partial charge in [-0.25, -0.2) is 17.2 Å². The first-order chi connectivity index (χ1) is 16.5. The zero-order valence-electron chi connectivity index (χ0n) is 18.4. The third kappa shape index (κ3) is 5.09. The van der Waals surface area contributed by atoms with Crippen molar-refractivity contribution in [1.82, 2.24) is 15.0 Å². The number of rotatable bonds is 6. The van der Waals surface area contributed by atoms with Crippen LogP contribution < -0.4 is 10.2 Å². The quantitative estimate of drug-likeness (QED) is 0.577. The Hall–Kier alpha value is -3.23. The molecular formula is C20H21F4N5O5S. The second-order valence-corrected chi connectivity index (χ2v) is 10.3. The molecule has 1 aromatic carbocycles. The maximum atomic E-state index is 14.5. The molecule has 2 fully saturated rings. The normalized spacial score (nSPS) is 21.7. The van der Waals surface area contributed by atoms with E-state index in [9.17, 15) is 35.6 Å². The van der Waals surface area contributed by atoms with Crippen LogP contribution in [0.15, 0.2) is 21.6 Å². The fourth-order valence-electron chi connectivity index (χ4n) is 4.23. The Kier molecular flexibility index (Phi) is 6.71. The molecule has 2 saturated heterocycles. The van der Waals surface area contributed by atoms with Gasteiger partial charge in [0.1, 0.15) is 22.6 Å². The number of carbonyl (C=O) groups is 2. The number of amides is 2. The monoisotopic (exact) mass is 519 g/mol. The number of hydrogen-bond donors (Lipinski definition) is 1. The van der Waals surface area contributed by atoms with Gasteiger partial charge in [-0.2, -0.15) is 13.8 Å². The third-order valence-corrected chi connectivity index (χ3v) is 7.03. The highest BCUT2D eigenvalue weighted by molar-refractivity contribution is 7.90. The van der Waals surface area contributed by atoms with Crippen LogP contribution in [0.1, 0.15) is 38.0 Å². The van der Waals surface area contributed by atoms with Gasteiger partial charge < -0.3 is 14.7 Å². The first-order valence-electron chi connectivity index (χ1n) is 10.6. The van der Waals surface area contributed by atoms with E-state index in [0.717, 1.165) is 11.2 Å². The number of hydrogen-bond acceptors (Lipinski definition) is 8. The fourth-order valence-corrected chi connectivity index (χ4v) is 4.96. The highest BCUT2D eigenvalue weighted by Crippen LogP contribution is 2.29. The summed E-state index contributed by atoms with van der Waals surface area (Å²) in [5.41, 5.74) is -0.354. The molecule has 0 spiro atoms. The van der Waals surface area contributed by atoms with Crippen molar-refractivity contribution in [3.8, 4) is 0 Å². The standard InChI is InChI=1S/C20H21F4N5O5S/c1-35(32,33)15-9-11(21)14(8-12(15)22)25-13-3-2-5-28(19(13)31)10-4-6-29(16(30)7-10)20-26-18(17(23)24)34-27-20/h8-10,13,17,25H,2-7H2,1H3/t10-,13?/m0/s1. The van der Waals surface area contributed by atoms with Gasteiger partial charge in [0.2, 0.25) is 11.8 Å². The van der Waals surface area contributed by atoms with Gasteiger partial charge in [-0.15, -0.1) is 0 Å². The molecule has 2 aliphatic heterocycles. The van der Waals surface area contributed by atoms with Gasteiger partial charge in [0.05, 0.1) is 5.69 Å². The van der Waals surface area contributed by atoms with Crippen LogP contribution in [0.5, 0.6) is 0 Å².